The van der Waals surface area contributed by atoms with Gasteiger partial charge in [0, 0.05) is 0 Å². The molecule has 0 nitrogen and oxygen atoms in total. The first-order chi connectivity index (χ1) is 6.80. The van der Waals surface area contributed by atoms with Gasteiger partial charge in [-0.25, -0.2) is 0 Å². The van der Waals surface area contributed by atoms with Crippen molar-refractivity contribution >= 4 is 18.7 Å². The van der Waals surface area contributed by atoms with E-state index in [0.29, 0.717) is 0 Å². The zero-order valence-electron chi connectivity index (χ0n) is 9.66. The zero-order chi connectivity index (χ0) is 13.5. The molecule has 0 rings (SSSR count). The van der Waals surface area contributed by atoms with Gasteiger partial charge in [0.1, 0.15) is 17.3 Å². The Morgan fingerprint density at radius 3 is 1.12 bits per heavy atom. The summed E-state index contributed by atoms with van der Waals surface area (Å²) in [6.07, 6.45) is 2.74. The van der Waals surface area contributed by atoms with Gasteiger partial charge in [-0.05, 0) is 30.7 Å². The molecule has 0 spiro atoms. The molecule has 0 saturated heterocycles. The van der Waals surface area contributed by atoms with Crippen molar-refractivity contribution in [3.8, 4) is 0 Å². The van der Waals surface area contributed by atoms with Gasteiger partial charge in [0.2, 0.25) is 0 Å². The van der Waals surface area contributed by atoms with E-state index in [1.54, 1.807) is 0 Å². The molecule has 0 atom stereocenters. The molecule has 0 fully saturated rings. The van der Waals surface area contributed by atoms with Crippen LogP contribution in [0.2, 0.25) is 0 Å². The van der Waals surface area contributed by atoms with Crippen LogP contribution < -0.4 is 0 Å². The van der Waals surface area contributed by atoms with E-state index in [2.05, 4.69) is 20.8 Å². The first-order valence-electron chi connectivity index (χ1n) is 5.00. The van der Waals surface area contributed by atoms with E-state index in [1.807, 2.05) is 0 Å². The molecule has 0 aliphatic carbocycles. The molecule has 104 valence electrons. The second-order valence-corrected chi connectivity index (χ2v) is 7.80. The summed E-state index contributed by atoms with van der Waals surface area (Å²) in [6.45, 7) is 6.88. The van der Waals surface area contributed by atoms with Crippen molar-refractivity contribution in [2.45, 2.75) is 33.6 Å². The normalized spacial score (nSPS) is 16.1. The third kappa shape index (κ3) is 36.7. The molecule has 0 aliphatic heterocycles. The van der Waals surface area contributed by atoms with E-state index in [1.165, 1.54) is 30.1 Å². The molecule has 16 heavy (non-hydrogen) atoms. The van der Waals surface area contributed by atoms with Crippen molar-refractivity contribution in [2.24, 2.45) is 0 Å². The average Bonchev–Trinajstić information content (AvgIpc) is 1.98. The van der Waals surface area contributed by atoms with Crippen molar-refractivity contribution in [3.63, 3.8) is 0 Å². The molecule has 0 bridgehead atoms. The van der Waals surface area contributed by atoms with Crippen LogP contribution in [0.1, 0.15) is 33.6 Å². The van der Waals surface area contributed by atoms with Crippen LogP contribution >= 0.6 is 7.81 Å². The minimum absolute atomic E-state index is 0.769. The molecule has 8 heteroatoms. The number of halogens is 6. The van der Waals surface area contributed by atoms with Crippen molar-refractivity contribution in [2.75, 3.05) is 17.3 Å². The monoisotopic (exact) mass is 292 g/mol. The molecular formula is C8H19F6PS. The fraction of sp³-hybridized carbons (Fsp3) is 1.00. The summed E-state index contributed by atoms with van der Waals surface area (Å²) in [4.78, 5) is 0. The molecule has 0 saturated carbocycles. The van der Waals surface area contributed by atoms with E-state index >= 15 is 0 Å². The van der Waals surface area contributed by atoms with E-state index in [9.17, 15) is 25.2 Å². The summed E-state index contributed by atoms with van der Waals surface area (Å²) in [5, 5.41) is 0. The summed E-state index contributed by atoms with van der Waals surface area (Å²) in [5.74, 6) is 4.33. The first-order valence-corrected chi connectivity index (χ1v) is 8.76. The molecule has 0 aromatic rings. The van der Waals surface area contributed by atoms with Crippen LogP contribution in [-0.2, 0) is 10.9 Å². The third-order valence-electron chi connectivity index (χ3n) is 1.39. The van der Waals surface area contributed by atoms with Crippen molar-refractivity contribution < 1.29 is 25.2 Å². The molecule has 0 amide bonds. The molecule has 0 aromatic carbocycles. The van der Waals surface area contributed by atoms with Gasteiger partial charge in [-0.3, -0.25) is 0 Å². The first kappa shape index (κ1) is 18.7. The number of rotatable bonds is 5. The van der Waals surface area contributed by atoms with E-state index in [0.717, 1.165) is 10.9 Å². The SMILES string of the molecule is CCC[S+](CC)CCC.F[P-](F)(F)(F)(F)F. The van der Waals surface area contributed by atoms with Crippen molar-refractivity contribution in [1.82, 2.24) is 0 Å². The van der Waals surface area contributed by atoms with Gasteiger partial charge in [-0.2, -0.15) is 0 Å². The summed E-state index contributed by atoms with van der Waals surface area (Å²) in [5.41, 5.74) is 0. The topological polar surface area (TPSA) is 0 Å². The van der Waals surface area contributed by atoms with Crippen LogP contribution in [0, 0.1) is 0 Å². The van der Waals surface area contributed by atoms with Gasteiger partial charge in [0.15, 0.2) is 0 Å². The summed E-state index contributed by atoms with van der Waals surface area (Å²) < 4.78 is 59.2. The van der Waals surface area contributed by atoms with Gasteiger partial charge in [-0.15, -0.1) is 0 Å². The summed E-state index contributed by atoms with van der Waals surface area (Å²) in [7, 11) is -9.89. The molecular weight excluding hydrogens is 273 g/mol. The number of hydrogen-bond acceptors (Lipinski definition) is 0. The molecule has 0 radical (unpaired) electrons. The molecule has 0 N–H and O–H groups in total. The van der Waals surface area contributed by atoms with Crippen LogP contribution in [0.5, 0.6) is 0 Å². The van der Waals surface area contributed by atoms with E-state index < -0.39 is 7.81 Å². The Balaban J connectivity index is 0. The fourth-order valence-electron chi connectivity index (χ4n) is 0.968. The maximum absolute atomic E-state index is 10.7. The van der Waals surface area contributed by atoms with Crippen LogP contribution in [0.4, 0.5) is 25.2 Å². The Labute approximate surface area is 95.4 Å². The number of hydrogen-bond donors (Lipinski definition) is 0. The van der Waals surface area contributed by atoms with Crippen LogP contribution in [-0.4, -0.2) is 17.3 Å². The van der Waals surface area contributed by atoms with Gasteiger partial charge in [0.05, 0.1) is 0 Å². The third-order valence-corrected chi connectivity index (χ3v) is 4.18. The Morgan fingerprint density at radius 1 is 0.750 bits per heavy atom. The van der Waals surface area contributed by atoms with Crippen molar-refractivity contribution in [1.29, 1.82) is 0 Å². The van der Waals surface area contributed by atoms with Gasteiger partial charge < -0.3 is 0 Å². The quantitative estimate of drug-likeness (QED) is 0.340. The second kappa shape index (κ2) is 5.80. The molecule has 0 heterocycles. The van der Waals surface area contributed by atoms with Gasteiger partial charge in [-0.1, -0.05) is 13.8 Å². The molecule has 0 aliphatic rings. The van der Waals surface area contributed by atoms with Crippen LogP contribution in [0.15, 0.2) is 0 Å². The van der Waals surface area contributed by atoms with Crippen LogP contribution in [0.3, 0.4) is 0 Å². The van der Waals surface area contributed by atoms with Crippen LogP contribution in [0.25, 0.3) is 0 Å². The van der Waals surface area contributed by atoms with Gasteiger partial charge >= 0.3 is 33.0 Å². The molecule has 0 aromatic heterocycles. The summed E-state index contributed by atoms with van der Waals surface area (Å²) >= 11 is 0. The standard InChI is InChI=1S/C8H19S.F6P/c1-4-7-9(6-3)8-5-2;1-7(2,3,4,5)6/h4-8H2,1-3H3;/q+1;-1. The Bertz CT molecular complexity index is 168. The molecule has 0 unspecified atom stereocenters. The minimum atomic E-state index is -10.7. The Morgan fingerprint density at radius 2 is 1.00 bits per heavy atom. The predicted molar refractivity (Wildman–Crippen MR) is 61.8 cm³/mol. The van der Waals surface area contributed by atoms with Gasteiger partial charge in [0.25, 0.3) is 0 Å². The predicted octanol–water partition coefficient (Wildman–Crippen LogP) is 5.83. The summed E-state index contributed by atoms with van der Waals surface area (Å²) in [6, 6.07) is 0. The average molecular weight is 292 g/mol. The Kier molecular flexibility index (Phi) is 6.79. The second-order valence-electron chi connectivity index (χ2n) is 3.27. The maximum atomic E-state index is 9.87. The van der Waals surface area contributed by atoms with E-state index in [4.69, 9.17) is 0 Å². The Hall–Kier alpha value is 0.360. The fourth-order valence-corrected chi connectivity index (χ4v) is 2.90. The van der Waals surface area contributed by atoms with Crippen molar-refractivity contribution in [3.05, 3.63) is 0 Å². The zero-order valence-corrected chi connectivity index (χ0v) is 11.4. The van der Waals surface area contributed by atoms with E-state index in [-0.39, 0.29) is 0 Å².